The molecular formula is C26H29Cl2FN6O3. The molecular weight excluding hydrogens is 534 g/mol. The first-order chi connectivity index (χ1) is 18.4. The number of hydrogen-bond acceptors (Lipinski definition) is 8. The molecule has 202 valence electrons. The highest BCUT2D eigenvalue weighted by Crippen LogP contribution is 2.38. The van der Waals surface area contributed by atoms with Crippen molar-refractivity contribution in [3.8, 4) is 0 Å². The summed E-state index contributed by atoms with van der Waals surface area (Å²) in [7, 11) is 0. The lowest BCUT2D eigenvalue weighted by molar-refractivity contribution is -0.147. The minimum atomic E-state index is -0.719. The van der Waals surface area contributed by atoms with E-state index in [1.165, 1.54) is 0 Å². The molecule has 0 aliphatic carbocycles. The van der Waals surface area contributed by atoms with E-state index in [1.54, 1.807) is 18.5 Å². The van der Waals surface area contributed by atoms with Crippen LogP contribution in [0, 0.1) is 0 Å². The minimum absolute atomic E-state index is 0.0690. The van der Waals surface area contributed by atoms with Gasteiger partial charge in [-0.15, -0.1) is 0 Å². The van der Waals surface area contributed by atoms with E-state index in [0.29, 0.717) is 79.5 Å². The van der Waals surface area contributed by atoms with Gasteiger partial charge in [0.15, 0.2) is 11.7 Å². The molecule has 0 bridgehead atoms. The maximum Gasteiger partial charge on any atom is 0.295 e. The highest BCUT2D eigenvalue weighted by molar-refractivity contribution is 6.35. The number of alkyl halides is 1. The van der Waals surface area contributed by atoms with Crippen LogP contribution in [0.15, 0.2) is 28.9 Å². The van der Waals surface area contributed by atoms with Gasteiger partial charge in [0, 0.05) is 49.3 Å². The molecule has 1 amide bonds. The Morgan fingerprint density at radius 2 is 2.05 bits per heavy atom. The van der Waals surface area contributed by atoms with Gasteiger partial charge in [0.25, 0.3) is 11.9 Å². The van der Waals surface area contributed by atoms with Gasteiger partial charge in [-0.2, -0.15) is 4.98 Å². The van der Waals surface area contributed by atoms with Crippen LogP contribution in [0.5, 0.6) is 0 Å². The largest absolute Gasteiger partial charge is 0.421 e. The Bertz CT molecular complexity index is 1350. The highest BCUT2D eigenvalue weighted by Gasteiger charge is 2.37. The van der Waals surface area contributed by atoms with Crippen LogP contribution in [0.4, 0.5) is 16.1 Å². The van der Waals surface area contributed by atoms with Crippen molar-refractivity contribution in [2.75, 3.05) is 62.6 Å². The van der Waals surface area contributed by atoms with Crippen molar-refractivity contribution < 1.29 is 18.3 Å². The summed E-state index contributed by atoms with van der Waals surface area (Å²) in [5.41, 5.74) is 4.02. The molecule has 3 aliphatic rings. The number of morpholine rings is 1. The van der Waals surface area contributed by atoms with Gasteiger partial charge in [-0.05, 0) is 36.6 Å². The second-order valence-corrected chi connectivity index (χ2v) is 10.9. The molecule has 1 aromatic carbocycles. The van der Waals surface area contributed by atoms with Gasteiger partial charge in [-0.3, -0.25) is 14.7 Å². The average molecular weight is 563 g/mol. The van der Waals surface area contributed by atoms with Crippen molar-refractivity contribution in [2.45, 2.75) is 31.7 Å². The third-order valence-corrected chi connectivity index (χ3v) is 8.08. The molecule has 2 atom stereocenters. The second-order valence-electron chi connectivity index (χ2n) is 10.0. The number of amides is 1. The summed E-state index contributed by atoms with van der Waals surface area (Å²) in [6.45, 7) is 6.19. The first-order valence-electron chi connectivity index (χ1n) is 12.9. The monoisotopic (exact) mass is 562 g/mol. The van der Waals surface area contributed by atoms with Gasteiger partial charge in [-0.1, -0.05) is 23.2 Å². The molecule has 2 fully saturated rings. The van der Waals surface area contributed by atoms with Gasteiger partial charge in [0.05, 0.1) is 31.6 Å². The molecule has 5 heterocycles. The van der Waals surface area contributed by atoms with Crippen molar-refractivity contribution in [3.05, 3.63) is 45.7 Å². The Balaban J connectivity index is 1.15. The first kappa shape index (κ1) is 25.6. The number of aromatic nitrogens is 2. The smallest absolute Gasteiger partial charge is 0.295 e. The zero-order chi connectivity index (χ0) is 26.4. The van der Waals surface area contributed by atoms with E-state index in [9.17, 15) is 9.18 Å². The molecule has 0 spiro atoms. The number of carbonyl (C=O) groups is 1. The summed E-state index contributed by atoms with van der Waals surface area (Å²) in [5.74, 6) is -0.0690. The number of ether oxygens (including phenoxy) is 1. The fourth-order valence-corrected chi connectivity index (χ4v) is 6.25. The summed E-state index contributed by atoms with van der Waals surface area (Å²) >= 11 is 12.7. The molecule has 2 aromatic heterocycles. The summed E-state index contributed by atoms with van der Waals surface area (Å²) in [6.07, 6.45) is 2.72. The molecule has 2 saturated heterocycles. The number of rotatable bonds is 6. The summed E-state index contributed by atoms with van der Waals surface area (Å²) in [4.78, 5) is 28.4. The molecule has 9 nitrogen and oxygen atoms in total. The van der Waals surface area contributed by atoms with Gasteiger partial charge in [0.2, 0.25) is 0 Å². The van der Waals surface area contributed by atoms with Crippen LogP contribution in [-0.2, 0) is 16.0 Å². The molecule has 0 radical (unpaired) electrons. The van der Waals surface area contributed by atoms with Gasteiger partial charge < -0.3 is 24.3 Å². The number of likely N-dealkylation sites (tertiary alicyclic amines) is 1. The third kappa shape index (κ3) is 4.90. The number of carbonyl (C=O) groups excluding carboxylic acids is 1. The van der Waals surface area contributed by atoms with Crippen molar-refractivity contribution in [1.82, 2.24) is 19.8 Å². The van der Waals surface area contributed by atoms with Gasteiger partial charge >= 0.3 is 0 Å². The predicted molar refractivity (Wildman–Crippen MR) is 144 cm³/mol. The van der Waals surface area contributed by atoms with E-state index in [0.717, 1.165) is 23.4 Å². The molecule has 1 N–H and O–H groups in total. The van der Waals surface area contributed by atoms with E-state index in [1.807, 2.05) is 22.8 Å². The highest BCUT2D eigenvalue weighted by atomic mass is 35.5. The molecule has 38 heavy (non-hydrogen) atoms. The molecule has 12 heteroatoms. The number of nitrogens with zero attached hydrogens (tertiary/aromatic N) is 5. The maximum atomic E-state index is 13.6. The van der Waals surface area contributed by atoms with E-state index in [-0.39, 0.29) is 11.9 Å². The number of nitrogens with one attached hydrogen (secondary N) is 1. The predicted octanol–water partition coefficient (Wildman–Crippen LogP) is 3.95. The number of pyridine rings is 1. The van der Waals surface area contributed by atoms with Crippen LogP contribution in [-0.4, -0.2) is 90.4 Å². The van der Waals surface area contributed by atoms with Crippen molar-refractivity contribution >= 4 is 51.9 Å². The molecule has 0 saturated carbocycles. The molecule has 0 unspecified atom stereocenters. The SMILES string of the molecule is C[C@H]1c2c(Cl)cc(Cl)cc2CCN1C(=O)[C@H]1CN(c2cncc3nc(NCCN4CC(F)C4)oc23)CCO1. The number of halogens is 3. The number of hydrogen-bond donors (Lipinski definition) is 1. The van der Waals surface area contributed by atoms with E-state index in [2.05, 4.69) is 20.2 Å². The Morgan fingerprint density at radius 3 is 2.87 bits per heavy atom. The summed E-state index contributed by atoms with van der Waals surface area (Å²) < 4.78 is 25.0. The lowest BCUT2D eigenvalue weighted by atomic mass is 9.93. The average Bonchev–Trinajstić information content (AvgIpc) is 3.30. The zero-order valence-electron chi connectivity index (χ0n) is 21.0. The lowest BCUT2D eigenvalue weighted by Gasteiger charge is -2.40. The Hall–Kier alpha value is -2.66. The quantitative estimate of drug-likeness (QED) is 0.483. The summed E-state index contributed by atoms with van der Waals surface area (Å²) in [5, 5.41) is 4.36. The van der Waals surface area contributed by atoms with E-state index in [4.69, 9.17) is 32.4 Å². The fourth-order valence-electron chi connectivity index (χ4n) is 5.56. The Labute approximate surface area is 229 Å². The lowest BCUT2D eigenvalue weighted by Crippen LogP contribution is -2.53. The van der Waals surface area contributed by atoms with E-state index >= 15 is 0 Å². The van der Waals surface area contributed by atoms with Crippen LogP contribution in [0.25, 0.3) is 11.1 Å². The topological polar surface area (TPSA) is 87.0 Å². The third-order valence-electron chi connectivity index (χ3n) is 7.55. The molecule has 6 rings (SSSR count). The minimum Gasteiger partial charge on any atom is -0.421 e. The van der Waals surface area contributed by atoms with Crippen LogP contribution >= 0.6 is 23.2 Å². The number of oxazole rings is 1. The Kier molecular flexibility index (Phi) is 7.07. The van der Waals surface area contributed by atoms with Crippen LogP contribution < -0.4 is 10.2 Å². The zero-order valence-corrected chi connectivity index (χ0v) is 22.5. The maximum absolute atomic E-state index is 13.6. The number of benzene rings is 1. The van der Waals surface area contributed by atoms with Gasteiger partial charge in [0.1, 0.15) is 17.4 Å². The van der Waals surface area contributed by atoms with Crippen molar-refractivity contribution in [3.63, 3.8) is 0 Å². The molecule has 3 aliphatic heterocycles. The van der Waals surface area contributed by atoms with Crippen LogP contribution in [0.1, 0.15) is 24.1 Å². The van der Waals surface area contributed by atoms with Gasteiger partial charge in [-0.25, -0.2) is 4.39 Å². The molecule has 3 aromatic rings. The standard InChI is InChI=1S/C26H29Cl2FN6O3/c1-15-23-16(8-17(27)9-19(23)28)2-4-35(15)25(36)22-14-34(6-7-37-22)21-11-30-10-20-24(21)38-26(32-20)31-3-5-33-12-18(29)13-33/h8-11,15,18,22H,2-7,12-14H2,1H3,(H,31,32)/t15-,22+/m0/s1. The van der Waals surface area contributed by atoms with Crippen LogP contribution in [0.3, 0.4) is 0 Å². The number of fused-ring (bicyclic) bond motifs is 2. The normalized spacial score (nSPS) is 22.4. The second kappa shape index (κ2) is 10.5. The van der Waals surface area contributed by atoms with Crippen molar-refractivity contribution in [1.29, 1.82) is 0 Å². The first-order valence-corrected chi connectivity index (χ1v) is 13.6. The summed E-state index contributed by atoms with van der Waals surface area (Å²) in [6, 6.07) is 3.86. The van der Waals surface area contributed by atoms with Crippen molar-refractivity contribution in [2.24, 2.45) is 0 Å². The van der Waals surface area contributed by atoms with E-state index < -0.39 is 12.3 Å². The Morgan fingerprint density at radius 1 is 1.21 bits per heavy atom. The van der Waals surface area contributed by atoms with Crippen LogP contribution in [0.2, 0.25) is 10.0 Å². The fraction of sp³-hybridized carbons (Fsp3) is 0.500. The number of anilines is 2.